The summed E-state index contributed by atoms with van der Waals surface area (Å²) in [5.74, 6) is -1.65. The summed E-state index contributed by atoms with van der Waals surface area (Å²) in [6.45, 7) is 2.72. The molecule has 100 valence electrons. The fraction of sp³-hybridized carbons (Fsp3) is 0.571. The number of ether oxygens (including phenoxy) is 1. The summed E-state index contributed by atoms with van der Waals surface area (Å²) >= 11 is 0. The highest BCUT2D eigenvalue weighted by Gasteiger charge is 2.34. The largest absolute Gasteiger partial charge is 0.374 e. The summed E-state index contributed by atoms with van der Waals surface area (Å²) in [6, 6.07) is 3.72. The molecule has 0 amide bonds. The highest BCUT2D eigenvalue weighted by molar-refractivity contribution is 5.19. The van der Waals surface area contributed by atoms with Crippen molar-refractivity contribution in [3.8, 4) is 0 Å². The van der Waals surface area contributed by atoms with Gasteiger partial charge in [0.1, 0.15) is 0 Å². The van der Waals surface area contributed by atoms with Gasteiger partial charge in [0.2, 0.25) is 0 Å². The summed E-state index contributed by atoms with van der Waals surface area (Å²) in [4.78, 5) is 0. The average molecular weight is 255 g/mol. The molecule has 2 atom stereocenters. The minimum Gasteiger partial charge on any atom is -0.374 e. The van der Waals surface area contributed by atoms with Crippen molar-refractivity contribution in [1.82, 2.24) is 0 Å². The van der Waals surface area contributed by atoms with Crippen molar-refractivity contribution in [2.75, 3.05) is 6.61 Å². The molecule has 18 heavy (non-hydrogen) atoms. The first kappa shape index (κ1) is 13.4. The Morgan fingerprint density at radius 2 is 2.11 bits per heavy atom. The van der Waals surface area contributed by atoms with Gasteiger partial charge in [0.15, 0.2) is 11.6 Å². The third-order valence-corrected chi connectivity index (χ3v) is 3.72. The van der Waals surface area contributed by atoms with Crippen LogP contribution in [0.15, 0.2) is 18.2 Å². The maximum Gasteiger partial charge on any atom is 0.159 e. The van der Waals surface area contributed by atoms with Crippen molar-refractivity contribution in [1.29, 1.82) is 0 Å². The van der Waals surface area contributed by atoms with Crippen LogP contribution in [0.4, 0.5) is 8.78 Å². The summed E-state index contributed by atoms with van der Waals surface area (Å²) in [5, 5.41) is 0. The Hall–Kier alpha value is -1.00. The number of rotatable bonds is 3. The SMILES string of the molecule is CC1(C(N)Cc2ccc(F)c(F)c2)CCCCO1. The van der Waals surface area contributed by atoms with Crippen LogP contribution < -0.4 is 5.73 Å². The highest BCUT2D eigenvalue weighted by Crippen LogP contribution is 2.28. The molecular formula is C14H19F2NO. The van der Waals surface area contributed by atoms with Gasteiger partial charge in [0.05, 0.1) is 5.60 Å². The van der Waals surface area contributed by atoms with E-state index in [-0.39, 0.29) is 11.6 Å². The van der Waals surface area contributed by atoms with Crippen molar-refractivity contribution in [2.45, 2.75) is 44.2 Å². The second-order valence-corrected chi connectivity index (χ2v) is 5.18. The Morgan fingerprint density at radius 3 is 2.72 bits per heavy atom. The number of benzene rings is 1. The number of nitrogens with two attached hydrogens (primary N) is 1. The fourth-order valence-corrected chi connectivity index (χ4v) is 2.38. The van der Waals surface area contributed by atoms with Gasteiger partial charge in [-0.1, -0.05) is 6.07 Å². The maximum atomic E-state index is 13.1. The van der Waals surface area contributed by atoms with Crippen molar-refractivity contribution >= 4 is 0 Å². The van der Waals surface area contributed by atoms with E-state index < -0.39 is 11.6 Å². The average Bonchev–Trinajstić information content (AvgIpc) is 2.35. The van der Waals surface area contributed by atoms with Gasteiger partial charge in [0.25, 0.3) is 0 Å². The number of hydrogen-bond acceptors (Lipinski definition) is 2. The first-order valence-corrected chi connectivity index (χ1v) is 6.35. The molecule has 1 fully saturated rings. The molecule has 1 aliphatic heterocycles. The molecule has 1 heterocycles. The van der Waals surface area contributed by atoms with Crippen LogP contribution >= 0.6 is 0 Å². The lowest BCUT2D eigenvalue weighted by Crippen LogP contribution is -2.50. The molecule has 1 saturated heterocycles. The summed E-state index contributed by atoms with van der Waals surface area (Å²) < 4.78 is 31.7. The van der Waals surface area contributed by atoms with Crippen molar-refractivity contribution in [3.63, 3.8) is 0 Å². The standard InChI is InChI=1S/C14H19F2NO/c1-14(6-2-3-7-18-14)13(17)9-10-4-5-11(15)12(16)8-10/h4-5,8,13H,2-3,6-7,9,17H2,1H3. The second-order valence-electron chi connectivity index (χ2n) is 5.18. The highest BCUT2D eigenvalue weighted by atomic mass is 19.2. The van der Waals surface area contributed by atoms with E-state index in [4.69, 9.17) is 10.5 Å². The van der Waals surface area contributed by atoms with Gasteiger partial charge in [-0.15, -0.1) is 0 Å². The fourth-order valence-electron chi connectivity index (χ4n) is 2.38. The van der Waals surface area contributed by atoms with Crippen molar-refractivity contribution in [3.05, 3.63) is 35.4 Å². The van der Waals surface area contributed by atoms with Crippen LogP contribution in [0.1, 0.15) is 31.7 Å². The first-order valence-electron chi connectivity index (χ1n) is 6.35. The molecule has 2 N–H and O–H groups in total. The molecule has 2 rings (SSSR count). The van der Waals surface area contributed by atoms with Crippen LogP contribution in [-0.4, -0.2) is 18.2 Å². The number of halogens is 2. The van der Waals surface area contributed by atoms with E-state index in [2.05, 4.69) is 0 Å². The molecule has 0 spiro atoms. The van der Waals surface area contributed by atoms with Crippen LogP contribution in [0.25, 0.3) is 0 Å². The van der Waals surface area contributed by atoms with Crippen LogP contribution in [-0.2, 0) is 11.2 Å². The van der Waals surface area contributed by atoms with Gasteiger partial charge >= 0.3 is 0 Å². The zero-order valence-electron chi connectivity index (χ0n) is 10.6. The molecule has 0 saturated carbocycles. The molecule has 1 aliphatic rings. The topological polar surface area (TPSA) is 35.2 Å². The van der Waals surface area contributed by atoms with Crippen LogP contribution in [0.2, 0.25) is 0 Å². The molecule has 0 radical (unpaired) electrons. The summed E-state index contributed by atoms with van der Waals surface area (Å²) in [5.41, 5.74) is 6.51. The van der Waals surface area contributed by atoms with Gasteiger partial charge in [-0.3, -0.25) is 0 Å². The molecule has 4 heteroatoms. The Balaban J connectivity index is 2.05. The lowest BCUT2D eigenvalue weighted by molar-refractivity contribution is -0.0808. The molecule has 1 aromatic carbocycles. The lowest BCUT2D eigenvalue weighted by Gasteiger charge is -2.38. The third-order valence-electron chi connectivity index (χ3n) is 3.72. The van der Waals surface area contributed by atoms with E-state index in [0.717, 1.165) is 31.9 Å². The van der Waals surface area contributed by atoms with E-state index in [1.807, 2.05) is 6.92 Å². The third kappa shape index (κ3) is 2.87. The van der Waals surface area contributed by atoms with E-state index in [1.165, 1.54) is 6.07 Å². The molecule has 0 bridgehead atoms. The van der Waals surface area contributed by atoms with Gasteiger partial charge in [0, 0.05) is 12.6 Å². The van der Waals surface area contributed by atoms with Gasteiger partial charge in [-0.2, -0.15) is 0 Å². The van der Waals surface area contributed by atoms with Crippen LogP contribution in [0.3, 0.4) is 0 Å². The van der Waals surface area contributed by atoms with Gasteiger partial charge < -0.3 is 10.5 Å². The Labute approximate surface area is 106 Å². The Morgan fingerprint density at radius 1 is 1.33 bits per heavy atom. The first-order chi connectivity index (χ1) is 8.51. The monoisotopic (exact) mass is 255 g/mol. The molecule has 0 aliphatic carbocycles. The van der Waals surface area contributed by atoms with E-state index >= 15 is 0 Å². The summed E-state index contributed by atoms with van der Waals surface area (Å²) in [7, 11) is 0. The lowest BCUT2D eigenvalue weighted by atomic mass is 9.85. The van der Waals surface area contributed by atoms with E-state index in [0.29, 0.717) is 12.0 Å². The zero-order chi connectivity index (χ0) is 13.2. The smallest absolute Gasteiger partial charge is 0.159 e. The van der Waals surface area contributed by atoms with Crippen molar-refractivity contribution in [2.24, 2.45) is 5.73 Å². The maximum absolute atomic E-state index is 13.1. The van der Waals surface area contributed by atoms with Crippen LogP contribution in [0, 0.1) is 11.6 Å². The second kappa shape index (κ2) is 5.33. The molecule has 0 aromatic heterocycles. The Bertz CT molecular complexity index is 416. The molecule has 2 nitrogen and oxygen atoms in total. The number of hydrogen-bond donors (Lipinski definition) is 1. The van der Waals surface area contributed by atoms with Gasteiger partial charge in [-0.05, 0) is 50.3 Å². The molecular weight excluding hydrogens is 236 g/mol. The summed E-state index contributed by atoms with van der Waals surface area (Å²) in [6.07, 6.45) is 3.57. The predicted molar refractivity (Wildman–Crippen MR) is 66.2 cm³/mol. The zero-order valence-corrected chi connectivity index (χ0v) is 10.6. The van der Waals surface area contributed by atoms with E-state index in [9.17, 15) is 8.78 Å². The molecule has 1 aromatic rings. The molecule has 2 unspecified atom stereocenters. The normalized spacial score (nSPS) is 26.0. The minimum absolute atomic E-state index is 0.206. The quantitative estimate of drug-likeness (QED) is 0.901. The minimum atomic E-state index is -0.826. The predicted octanol–water partition coefficient (Wildman–Crippen LogP) is 2.79. The van der Waals surface area contributed by atoms with Crippen LogP contribution in [0.5, 0.6) is 0 Å². The van der Waals surface area contributed by atoms with Crippen molar-refractivity contribution < 1.29 is 13.5 Å². The van der Waals surface area contributed by atoms with E-state index in [1.54, 1.807) is 6.07 Å². The Kier molecular flexibility index (Phi) is 3.97. The van der Waals surface area contributed by atoms with Gasteiger partial charge in [-0.25, -0.2) is 8.78 Å².